The summed E-state index contributed by atoms with van der Waals surface area (Å²) in [5.41, 5.74) is 9.66. The third-order valence-electron chi connectivity index (χ3n) is 5.25. The minimum atomic E-state index is -1.38. The van der Waals surface area contributed by atoms with Gasteiger partial charge >= 0.3 is 5.97 Å². The number of benzene rings is 1. The number of carbonyl (C=O) groups excluding carboxylic acids is 1. The predicted octanol–water partition coefficient (Wildman–Crippen LogP) is 0.0274. The Morgan fingerprint density at radius 2 is 2.09 bits per heavy atom. The molecule has 0 bridgehead atoms. The Morgan fingerprint density at radius 1 is 1.32 bits per heavy atom. The zero-order valence-electron chi connectivity index (χ0n) is 18.4. The molecule has 6 N–H and O–H groups in total. The van der Waals surface area contributed by atoms with Crippen molar-refractivity contribution in [2.24, 2.45) is 11.0 Å². The maximum atomic E-state index is 12.0. The van der Waals surface area contributed by atoms with Crippen LogP contribution >= 0.6 is 0 Å². The van der Waals surface area contributed by atoms with Crippen LogP contribution in [0.4, 0.5) is 11.8 Å². The first-order valence-corrected chi connectivity index (χ1v) is 10.5. The summed E-state index contributed by atoms with van der Waals surface area (Å²) in [6, 6.07) is 6.86. The van der Waals surface area contributed by atoms with Crippen molar-refractivity contribution in [1.29, 1.82) is 0 Å². The molecule has 13 nitrogen and oxygen atoms in total. The number of aliphatic hydroxyl groups excluding tert-OH is 3. The van der Waals surface area contributed by atoms with Crippen molar-refractivity contribution in [1.82, 2.24) is 19.5 Å². The lowest BCUT2D eigenvalue weighted by Crippen LogP contribution is -2.33. The highest BCUT2D eigenvalue weighted by molar-refractivity contribution is 5.87. The Labute approximate surface area is 193 Å². The molecule has 0 radical (unpaired) electrons. The third-order valence-corrected chi connectivity index (χ3v) is 5.25. The molecule has 3 heterocycles. The normalized spacial score (nSPS) is 22.6. The number of fused-ring (bicyclic) bond motifs is 1. The van der Waals surface area contributed by atoms with Crippen LogP contribution in [0.25, 0.3) is 11.2 Å². The molecule has 0 aliphatic carbocycles. The number of ether oxygens (including phenoxy) is 2. The Balaban J connectivity index is 1.66. The first-order valence-electron chi connectivity index (χ1n) is 10.5. The van der Waals surface area contributed by atoms with Crippen LogP contribution in [0, 0.1) is 5.92 Å². The highest BCUT2D eigenvalue weighted by atomic mass is 16.6. The van der Waals surface area contributed by atoms with Crippen molar-refractivity contribution in [3.8, 4) is 5.75 Å². The molecular formula is C21H25N7O6. The monoisotopic (exact) mass is 471 g/mol. The fraction of sp³-hybridized carbons (Fsp3) is 0.381. The van der Waals surface area contributed by atoms with Crippen molar-refractivity contribution < 1.29 is 29.6 Å². The molecule has 1 aliphatic heterocycles. The summed E-state index contributed by atoms with van der Waals surface area (Å²) >= 11 is 0. The van der Waals surface area contributed by atoms with Crippen LogP contribution < -0.4 is 15.9 Å². The standard InChI is InChI=1S/C21H25N7O6/c1-10(2)20(32)34-12-6-4-3-5-11(12)7-25-27-21-26-14-17(22)23-9-24-18(14)28(21)19-16(31)15(30)13(8-29)33-19/h3-7,9-10,13,15-16,19,29-31H,8H2,1-2H3,(H,26,27)(H2,22,23,24). The Hall–Kier alpha value is -3.65. The van der Waals surface area contributed by atoms with E-state index in [4.69, 9.17) is 15.2 Å². The molecular weight excluding hydrogens is 446 g/mol. The van der Waals surface area contributed by atoms with Gasteiger partial charge in [-0.15, -0.1) is 0 Å². The molecule has 1 saturated heterocycles. The maximum absolute atomic E-state index is 12.0. The highest BCUT2D eigenvalue weighted by Crippen LogP contribution is 2.35. The largest absolute Gasteiger partial charge is 0.426 e. The fourth-order valence-electron chi connectivity index (χ4n) is 3.41. The van der Waals surface area contributed by atoms with E-state index in [1.807, 2.05) is 0 Å². The summed E-state index contributed by atoms with van der Waals surface area (Å²) in [5.74, 6) is -0.170. The zero-order valence-corrected chi connectivity index (χ0v) is 18.4. The Bertz CT molecular complexity index is 1210. The number of nitrogens with zero attached hydrogens (tertiary/aromatic N) is 5. The molecule has 13 heteroatoms. The van der Waals surface area contributed by atoms with E-state index in [1.165, 1.54) is 17.1 Å². The number of aliphatic hydroxyl groups is 3. The molecule has 180 valence electrons. The Morgan fingerprint density at radius 3 is 2.79 bits per heavy atom. The minimum absolute atomic E-state index is 0.0879. The van der Waals surface area contributed by atoms with Gasteiger partial charge in [0.1, 0.15) is 30.4 Å². The fourth-order valence-corrected chi connectivity index (χ4v) is 3.41. The summed E-state index contributed by atoms with van der Waals surface area (Å²) in [4.78, 5) is 24.4. The highest BCUT2D eigenvalue weighted by Gasteiger charge is 2.45. The van der Waals surface area contributed by atoms with Gasteiger partial charge in [0, 0.05) is 5.56 Å². The van der Waals surface area contributed by atoms with Crippen LogP contribution in [0.5, 0.6) is 5.75 Å². The molecule has 4 unspecified atom stereocenters. The van der Waals surface area contributed by atoms with Crippen molar-refractivity contribution in [3.05, 3.63) is 36.2 Å². The third kappa shape index (κ3) is 4.41. The number of aromatic nitrogens is 4. The van der Waals surface area contributed by atoms with Crippen LogP contribution in [0.3, 0.4) is 0 Å². The number of nitrogen functional groups attached to an aromatic ring is 1. The second kappa shape index (κ2) is 9.69. The van der Waals surface area contributed by atoms with Crippen LogP contribution in [0.2, 0.25) is 0 Å². The van der Waals surface area contributed by atoms with Gasteiger partial charge in [0.2, 0.25) is 5.95 Å². The summed E-state index contributed by atoms with van der Waals surface area (Å²) in [6.07, 6.45) is -2.20. The van der Waals surface area contributed by atoms with Crippen LogP contribution in [-0.2, 0) is 9.53 Å². The van der Waals surface area contributed by atoms with Gasteiger partial charge in [0.25, 0.3) is 0 Å². The van der Waals surface area contributed by atoms with Gasteiger partial charge in [-0.2, -0.15) is 5.10 Å². The van der Waals surface area contributed by atoms with E-state index in [0.29, 0.717) is 11.3 Å². The van der Waals surface area contributed by atoms with E-state index < -0.39 is 31.1 Å². The average molecular weight is 471 g/mol. The number of esters is 1. The molecule has 0 spiro atoms. The van der Waals surface area contributed by atoms with Crippen molar-refractivity contribution in [2.45, 2.75) is 38.4 Å². The van der Waals surface area contributed by atoms with Gasteiger partial charge in [-0.05, 0) is 12.1 Å². The molecule has 0 saturated carbocycles. The van der Waals surface area contributed by atoms with E-state index in [1.54, 1.807) is 38.1 Å². The number of rotatable bonds is 7. The number of para-hydroxylation sites is 1. The molecule has 0 amide bonds. The predicted molar refractivity (Wildman–Crippen MR) is 121 cm³/mol. The van der Waals surface area contributed by atoms with Gasteiger partial charge in [0.05, 0.1) is 18.7 Å². The van der Waals surface area contributed by atoms with Gasteiger partial charge in [-0.1, -0.05) is 26.0 Å². The number of imidazole rings is 1. The summed E-state index contributed by atoms with van der Waals surface area (Å²) < 4.78 is 12.4. The van der Waals surface area contributed by atoms with Crippen LogP contribution in [-0.4, -0.2) is 71.9 Å². The minimum Gasteiger partial charge on any atom is -0.426 e. The molecule has 34 heavy (non-hydrogen) atoms. The number of hydrogen-bond donors (Lipinski definition) is 5. The van der Waals surface area contributed by atoms with Gasteiger partial charge in [-0.25, -0.2) is 20.4 Å². The topological polar surface area (TPSA) is 190 Å². The first kappa shape index (κ1) is 23.5. The van der Waals surface area contributed by atoms with E-state index in [2.05, 4.69) is 25.5 Å². The maximum Gasteiger partial charge on any atom is 0.313 e. The lowest BCUT2D eigenvalue weighted by molar-refractivity contribution is -0.137. The summed E-state index contributed by atoms with van der Waals surface area (Å²) in [7, 11) is 0. The van der Waals surface area contributed by atoms with Gasteiger partial charge < -0.3 is 30.5 Å². The average Bonchev–Trinajstić information content (AvgIpc) is 3.32. The van der Waals surface area contributed by atoms with Crippen molar-refractivity contribution >= 4 is 35.1 Å². The molecule has 2 aromatic heterocycles. The quantitative estimate of drug-likeness (QED) is 0.135. The summed E-state index contributed by atoms with van der Waals surface area (Å²) in [6.45, 7) is 2.97. The second-order valence-electron chi connectivity index (χ2n) is 7.95. The van der Waals surface area contributed by atoms with Crippen LogP contribution in [0.15, 0.2) is 35.7 Å². The number of nitrogens with one attached hydrogen (secondary N) is 1. The number of hydrazone groups is 1. The lowest BCUT2D eigenvalue weighted by Gasteiger charge is -2.18. The molecule has 4 rings (SSSR count). The molecule has 1 fully saturated rings. The first-order chi connectivity index (χ1) is 16.3. The van der Waals surface area contributed by atoms with E-state index in [-0.39, 0.29) is 34.8 Å². The van der Waals surface area contributed by atoms with Crippen molar-refractivity contribution in [2.75, 3.05) is 17.8 Å². The molecule has 1 aromatic carbocycles. The van der Waals surface area contributed by atoms with Crippen molar-refractivity contribution in [3.63, 3.8) is 0 Å². The number of nitrogens with two attached hydrogens (primary N) is 1. The number of anilines is 2. The molecule has 1 aliphatic rings. The van der Waals surface area contributed by atoms with Crippen LogP contribution in [0.1, 0.15) is 25.6 Å². The van der Waals surface area contributed by atoms with E-state index in [0.717, 1.165) is 0 Å². The molecule has 4 atom stereocenters. The van der Waals surface area contributed by atoms with E-state index >= 15 is 0 Å². The zero-order chi connectivity index (χ0) is 24.4. The van der Waals surface area contributed by atoms with E-state index in [9.17, 15) is 20.1 Å². The number of hydrogen-bond acceptors (Lipinski definition) is 12. The smallest absolute Gasteiger partial charge is 0.313 e. The lowest BCUT2D eigenvalue weighted by atomic mass is 10.1. The summed E-state index contributed by atoms with van der Waals surface area (Å²) in [5, 5.41) is 34.3. The Kier molecular flexibility index (Phi) is 6.70. The molecule has 3 aromatic rings. The second-order valence-corrected chi connectivity index (χ2v) is 7.95. The number of carbonyl (C=O) groups is 1. The van der Waals surface area contributed by atoms with Gasteiger partial charge in [-0.3, -0.25) is 9.36 Å². The SMILES string of the molecule is CC(C)C(=O)Oc1ccccc1C=NNc1nc2c(N)ncnc2n1C1OC(CO)C(O)C1O. The van der Waals surface area contributed by atoms with Gasteiger partial charge in [0.15, 0.2) is 23.2 Å².